The Balaban J connectivity index is 1.82. The minimum atomic E-state index is -4.59. The monoisotopic (exact) mass is 431 g/mol. The van der Waals surface area contributed by atoms with E-state index in [2.05, 4.69) is 15.3 Å². The third-order valence-corrected chi connectivity index (χ3v) is 5.66. The number of rotatable bonds is 6. The van der Waals surface area contributed by atoms with Gasteiger partial charge in [0, 0.05) is 28.1 Å². The largest absolute Gasteiger partial charge is 0.418 e. The van der Waals surface area contributed by atoms with Crippen molar-refractivity contribution in [2.45, 2.75) is 36.6 Å². The average molecular weight is 431 g/mol. The van der Waals surface area contributed by atoms with Crippen LogP contribution in [0, 0.1) is 0 Å². The third-order valence-electron chi connectivity index (χ3n) is 4.40. The van der Waals surface area contributed by atoms with Crippen molar-refractivity contribution in [2.75, 3.05) is 5.32 Å². The van der Waals surface area contributed by atoms with E-state index >= 15 is 0 Å². The van der Waals surface area contributed by atoms with Crippen molar-refractivity contribution in [2.24, 2.45) is 0 Å². The number of carbonyl (C=O) groups excluding carboxylic acids is 1. The van der Waals surface area contributed by atoms with E-state index in [0.29, 0.717) is 10.7 Å². The molecule has 0 radical (unpaired) electrons. The summed E-state index contributed by atoms with van der Waals surface area (Å²) in [6.07, 6.45) is -1.16. The highest BCUT2D eigenvalue weighted by molar-refractivity contribution is 7.99. The second-order valence-corrected chi connectivity index (χ2v) is 8.17. The summed E-state index contributed by atoms with van der Waals surface area (Å²) in [4.78, 5) is 21.3. The molecule has 0 spiro atoms. The summed E-state index contributed by atoms with van der Waals surface area (Å²) in [6.45, 7) is 3.93. The number of nitrogens with zero attached hydrogens (tertiary/aromatic N) is 2. The molecule has 1 aromatic heterocycles. The molecular weight excluding hydrogens is 411 g/mol. The predicted octanol–water partition coefficient (Wildman–Crippen LogP) is 6.31. The third kappa shape index (κ3) is 5.38. The van der Waals surface area contributed by atoms with Gasteiger partial charge in [-0.3, -0.25) is 4.79 Å². The number of aromatic nitrogens is 2. The Bertz CT molecular complexity index is 1010. The van der Waals surface area contributed by atoms with Crippen LogP contribution in [0.4, 0.5) is 18.9 Å². The zero-order chi connectivity index (χ0) is 21.7. The summed E-state index contributed by atoms with van der Waals surface area (Å²) in [7, 11) is 0. The molecule has 0 bridgehead atoms. The second kappa shape index (κ2) is 9.30. The summed E-state index contributed by atoms with van der Waals surface area (Å²) < 4.78 is 40.7. The van der Waals surface area contributed by atoms with Crippen molar-refractivity contribution < 1.29 is 18.0 Å². The van der Waals surface area contributed by atoms with Crippen LogP contribution < -0.4 is 5.32 Å². The maximum atomic E-state index is 13.6. The lowest BCUT2D eigenvalue weighted by molar-refractivity contribution is -0.137. The number of nitrogens with one attached hydrogen (secondary N) is 1. The average Bonchev–Trinajstić information content (AvgIpc) is 2.74. The molecular formula is C22H20F3N3OS. The van der Waals surface area contributed by atoms with E-state index in [1.807, 2.05) is 44.2 Å². The maximum absolute atomic E-state index is 13.6. The van der Waals surface area contributed by atoms with Crippen LogP contribution in [-0.2, 0) is 6.18 Å². The Morgan fingerprint density at radius 1 is 1.10 bits per heavy atom. The van der Waals surface area contributed by atoms with Gasteiger partial charge in [0.2, 0.25) is 0 Å². The van der Waals surface area contributed by atoms with Gasteiger partial charge in [-0.05, 0) is 24.6 Å². The van der Waals surface area contributed by atoms with Crippen LogP contribution in [0.2, 0.25) is 0 Å². The minimum absolute atomic E-state index is 0.0702. The molecule has 3 aromatic rings. The SMILES string of the molecule is CCC(C)Sc1ccc(NC(=O)c2cnc(-c3ccccc3)nc2)c(C(F)(F)F)c1. The summed E-state index contributed by atoms with van der Waals surface area (Å²) in [5, 5.41) is 2.53. The van der Waals surface area contributed by atoms with Gasteiger partial charge in [-0.1, -0.05) is 44.2 Å². The van der Waals surface area contributed by atoms with Crippen LogP contribution in [-0.4, -0.2) is 21.1 Å². The molecule has 1 atom stereocenters. The number of anilines is 1. The number of carbonyl (C=O) groups is 1. The smallest absolute Gasteiger partial charge is 0.321 e. The van der Waals surface area contributed by atoms with Crippen molar-refractivity contribution in [3.63, 3.8) is 0 Å². The summed E-state index contributed by atoms with van der Waals surface area (Å²) in [5.41, 5.74) is -0.335. The highest BCUT2D eigenvalue weighted by atomic mass is 32.2. The van der Waals surface area contributed by atoms with E-state index in [0.717, 1.165) is 18.1 Å². The molecule has 0 saturated carbocycles. The van der Waals surface area contributed by atoms with E-state index in [-0.39, 0.29) is 16.5 Å². The van der Waals surface area contributed by atoms with Crippen LogP contribution in [0.15, 0.2) is 65.8 Å². The molecule has 1 unspecified atom stereocenters. The van der Waals surface area contributed by atoms with Gasteiger partial charge >= 0.3 is 6.18 Å². The number of hydrogen-bond donors (Lipinski definition) is 1. The van der Waals surface area contributed by atoms with Crippen LogP contribution >= 0.6 is 11.8 Å². The highest BCUT2D eigenvalue weighted by Crippen LogP contribution is 2.38. The number of hydrogen-bond acceptors (Lipinski definition) is 4. The minimum Gasteiger partial charge on any atom is -0.321 e. The molecule has 0 aliphatic rings. The van der Waals surface area contributed by atoms with E-state index in [1.165, 1.54) is 30.2 Å². The molecule has 30 heavy (non-hydrogen) atoms. The Hall–Kier alpha value is -2.87. The van der Waals surface area contributed by atoms with E-state index < -0.39 is 17.6 Å². The van der Waals surface area contributed by atoms with E-state index in [1.54, 1.807) is 6.07 Å². The Kier molecular flexibility index (Phi) is 6.77. The van der Waals surface area contributed by atoms with Crippen molar-refractivity contribution in [1.82, 2.24) is 9.97 Å². The molecule has 1 N–H and O–H groups in total. The van der Waals surface area contributed by atoms with E-state index in [4.69, 9.17) is 0 Å². The van der Waals surface area contributed by atoms with Crippen molar-refractivity contribution in [3.05, 3.63) is 72.1 Å². The van der Waals surface area contributed by atoms with Gasteiger partial charge in [0.25, 0.3) is 5.91 Å². The Morgan fingerprint density at radius 3 is 2.37 bits per heavy atom. The zero-order valence-corrected chi connectivity index (χ0v) is 17.2. The molecule has 156 valence electrons. The topological polar surface area (TPSA) is 54.9 Å². The first kappa shape index (κ1) is 21.8. The van der Waals surface area contributed by atoms with Gasteiger partial charge in [0.1, 0.15) is 0 Å². The first-order chi connectivity index (χ1) is 14.3. The van der Waals surface area contributed by atoms with Gasteiger partial charge in [-0.25, -0.2) is 9.97 Å². The lowest BCUT2D eigenvalue weighted by Gasteiger charge is -2.16. The van der Waals surface area contributed by atoms with Crippen molar-refractivity contribution in [3.8, 4) is 11.4 Å². The van der Waals surface area contributed by atoms with Crippen LogP contribution in [0.3, 0.4) is 0 Å². The number of alkyl halides is 3. The fraction of sp³-hybridized carbons (Fsp3) is 0.227. The van der Waals surface area contributed by atoms with Crippen LogP contribution in [0.1, 0.15) is 36.2 Å². The molecule has 0 fully saturated rings. The quantitative estimate of drug-likeness (QED) is 0.465. The molecule has 0 aliphatic carbocycles. The number of thioether (sulfide) groups is 1. The van der Waals surface area contributed by atoms with Gasteiger partial charge in [0.05, 0.1) is 16.8 Å². The molecule has 1 amide bonds. The molecule has 8 heteroatoms. The number of benzene rings is 2. The van der Waals surface area contributed by atoms with Crippen LogP contribution in [0.5, 0.6) is 0 Å². The first-order valence-electron chi connectivity index (χ1n) is 9.34. The number of halogens is 3. The number of amides is 1. The van der Waals surface area contributed by atoms with E-state index in [9.17, 15) is 18.0 Å². The molecule has 0 saturated heterocycles. The lowest BCUT2D eigenvalue weighted by atomic mass is 10.1. The van der Waals surface area contributed by atoms with Gasteiger partial charge in [0.15, 0.2) is 5.82 Å². The molecule has 4 nitrogen and oxygen atoms in total. The summed E-state index contributed by atoms with van der Waals surface area (Å²) >= 11 is 1.36. The standard InChI is InChI=1S/C22H20F3N3OS/c1-3-14(2)30-17-9-10-19(18(11-17)22(23,24)25)28-21(29)16-12-26-20(27-13-16)15-7-5-4-6-8-15/h4-14H,3H2,1-2H3,(H,28,29). The fourth-order valence-corrected chi connectivity index (χ4v) is 3.60. The molecule has 1 heterocycles. The highest BCUT2D eigenvalue weighted by Gasteiger charge is 2.34. The predicted molar refractivity (Wildman–Crippen MR) is 112 cm³/mol. The summed E-state index contributed by atoms with van der Waals surface area (Å²) in [6, 6.07) is 13.1. The molecule has 0 aliphatic heterocycles. The maximum Gasteiger partial charge on any atom is 0.418 e. The lowest BCUT2D eigenvalue weighted by Crippen LogP contribution is -2.17. The van der Waals surface area contributed by atoms with Gasteiger partial charge in [-0.2, -0.15) is 13.2 Å². The summed E-state index contributed by atoms with van der Waals surface area (Å²) in [5.74, 6) is -0.281. The van der Waals surface area contributed by atoms with Crippen molar-refractivity contribution in [1.29, 1.82) is 0 Å². The second-order valence-electron chi connectivity index (χ2n) is 6.66. The van der Waals surface area contributed by atoms with Gasteiger partial charge < -0.3 is 5.32 Å². The zero-order valence-electron chi connectivity index (χ0n) is 16.4. The molecule has 3 rings (SSSR count). The molecule has 2 aromatic carbocycles. The Morgan fingerprint density at radius 2 is 1.77 bits per heavy atom. The Labute approximate surface area is 177 Å². The first-order valence-corrected chi connectivity index (χ1v) is 10.2. The fourth-order valence-electron chi connectivity index (χ4n) is 2.63. The van der Waals surface area contributed by atoms with Gasteiger partial charge in [-0.15, -0.1) is 11.8 Å². The normalized spacial score (nSPS) is 12.4. The van der Waals surface area contributed by atoms with Crippen LogP contribution in [0.25, 0.3) is 11.4 Å². The van der Waals surface area contributed by atoms with Crippen molar-refractivity contribution >= 4 is 23.4 Å².